The van der Waals surface area contributed by atoms with E-state index in [0.717, 1.165) is 59.8 Å². The van der Waals surface area contributed by atoms with E-state index in [2.05, 4.69) is 287 Å². The normalized spacial score (nSPS) is 14.6. The number of hydrogen-bond acceptors (Lipinski definition) is 4. The third-order valence-corrected chi connectivity index (χ3v) is 14.3. The Bertz CT molecular complexity index is 3330. The fraction of sp³-hybridized carbons (Fsp3) is 0.0909. The number of benzene rings is 11. The molecule has 0 bridgehead atoms. The predicted octanol–water partition coefficient (Wildman–Crippen LogP) is 18.4. The van der Waals surface area contributed by atoms with Crippen molar-refractivity contribution in [2.75, 3.05) is 19.6 Å². The molecule has 1 aliphatic carbocycles. The van der Waals surface area contributed by atoms with Crippen LogP contribution in [0.3, 0.4) is 0 Å². The van der Waals surface area contributed by atoms with E-state index in [0.29, 0.717) is 6.04 Å². The van der Waals surface area contributed by atoms with Crippen LogP contribution in [0.15, 0.2) is 267 Å². The lowest BCUT2D eigenvalue weighted by Gasteiger charge is -2.43. The zero-order chi connectivity index (χ0) is 46.6. The second-order valence-corrected chi connectivity index (χ2v) is 18.4. The van der Waals surface area contributed by atoms with E-state index >= 15 is 0 Å². The van der Waals surface area contributed by atoms with Gasteiger partial charge in [0, 0.05) is 73.7 Å². The maximum absolute atomic E-state index is 2.63. The van der Waals surface area contributed by atoms with Crippen LogP contribution in [-0.2, 0) is 0 Å². The smallest absolute Gasteiger partial charge is 0.0540 e. The van der Waals surface area contributed by atoms with Gasteiger partial charge in [0.1, 0.15) is 0 Å². The van der Waals surface area contributed by atoms with E-state index in [1.54, 1.807) is 0 Å². The first-order valence-corrected chi connectivity index (χ1v) is 24.7. The Morgan fingerprint density at radius 1 is 0.214 bits per heavy atom. The molecule has 0 aliphatic heterocycles. The average Bonchev–Trinajstić information content (AvgIpc) is 3.43. The largest absolute Gasteiger partial charge is 0.338 e. The lowest BCUT2D eigenvalue weighted by molar-refractivity contribution is 0.388. The molecule has 1 aliphatic rings. The maximum atomic E-state index is 2.63. The molecule has 0 spiro atoms. The van der Waals surface area contributed by atoms with Crippen LogP contribution in [0.2, 0.25) is 0 Å². The summed E-state index contributed by atoms with van der Waals surface area (Å²) in [6, 6.07) is 97.9. The number of rotatable bonds is 12. The van der Waals surface area contributed by atoms with E-state index < -0.39 is 0 Å². The van der Waals surface area contributed by atoms with Crippen LogP contribution in [-0.4, -0.2) is 12.1 Å². The highest BCUT2D eigenvalue weighted by atomic mass is 15.2. The Hall–Kier alpha value is -8.60. The first-order chi connectivity index (χ1) is 34.7. The van der Waals surface area contributed by atoms with Crippen LogP contribution in [0.5, 0.6) is 0 Å². The van der Waals surface area contributed by atoms with Gasteiger partial charge in [-0.15, -0.1) is 0 Å². The molecule has 0 amide bonds. The molecule has 70 heavy (non-hydrogen) atoms. The summed E-state index contributed by atoms with van der Waals surface area (Å²) in [5, 5.41) is 7.44. The summed E-state index contributed by atoms with van der Waals surface area (Å²) in [7, 11) is 0. The van der Waals surface area contributed by atoms with Crippen LogP contribution in [0, 0.1) is 0 Å². The van der Waals surface area contributed by atoms with Gasteiger partial charge in [0.15, 0.2) is 0 Å². The molecule has 0 aromatic heterocycles. The van der Waals surface area contributed by atoms with Crippen LogP contribution < -0.4 is 19.6 Å². The summed E-state index contributed by atoms with van der Waals surface area (Å²) in [5.41, 5.74) is 11.7. The Labute approximate surface area is 411 Å². The van der Waals surface area contributed by atoms with Crippen molar-refractivity contribution >= 4 is 89.2 Å². The SMILES string of the molecule is c1ccc(N(c2ccc(N(c3ccc(N(c4ccccc4)c4cccc5ccccc45)cc3)C3CCC(N(c4ccccc4)c4cccc5ccccc45)CC3)cc2)c2cccc3ccccc23)cc1. The molecule has 12 rings (SSSR count). The molecular weight excluding hydrogens is 849 g/mol. The third kappa shape index (κ3) is 8.28. The zero-order valence-electron chi connectivity index (χ0n) is 39.2. The summed E-state index contributed by atoms with van der Waals surface area (Å²) in [5.74, 6) is 0. The molecule has 11 aromatic rings. The van der Waals surface area contributed by atoms with E-state index in [1.807, 2.05) is 0 Å². The van der Waals surface area contributed by atoms with Gasteiger partial charge in [-0.3, -0.25) is 0 Å². The lowest BCUT2D eigenvalue weighted by Crippen LogP contribution is -2.41. The summed E-state index contributed by atoms with van der Waals surface area (Å²) >= 11 is 0. The highest BCUT2D eigenvalue weighted by molar-refractivity contribution is 6.01. The molecule has 0 unspecified atom stereocenters. The standard InChI is InChI=1S/C66H54N4/c1-4-25-52(26-5-1)68(64-34-16-22-49-19-10-13-31-61(49)64)58-43-37-55(38-44-58)67(56-39-45-59(46-40-56)69(53-27-6-2-7-28-53)65-35-17-23-50-20-11-14-32-62(50)65)57-41-47-60(48-42-57)70(54-29-8-3-9-30-54)66-36-18-24-51-21-12-15-33-63(51)66/h1-40,43-46,57,60H,41-42,47-48H2. The van der Waals surface area contributed by atoms with Crippen molar-refractivity contribution in [1.82, 2.24) is 0 Å². The Morgan fingerprint density at radius 2 is 0.486 bits per heavy atom. The van der Waals surface area contributed by atoms with Crippen molar-refractivity contribution in [3.8, 4) is 0 Å². The number of fused-ring (bicyclic) bond motifs is 3. The molecular formula is C66H54N4. The summed E-state index contributed by atoms with van der Waals surface area (Å²) in [6.45, 7) is 0. The summed E-state index contributed by atoms with van der Waals surface area (Å²) in [4.78, 5) is 10.0. The maximum Gasteiger partial charge on any atom is 0.0540 e. The average molecular weight is 903 g/mol. The molecule has 0 radical (unpaired) electrons. The molecule has 1 saturated carbocycles. The van der Waals surface area contributed by atoms with Gasteiger partial charge in [-0.25, -0.2) is 0 Å². The summed E-state index contributed by atoms with van der Waals surface area (Å²) in [6.07, 6.45) is 4.20. The van der Waals surface area contributed by atoms with Gasteiger partial charge in [0.05, 0.1) is 11.4 Å². The Kier molecular flexibility index (Phi) is 11.7. The van der Waals surface area contributed by atoms with Gasteiger partial charge in [0.25, 0.3) is 0 Å². The fourth-order valence-electron chi connectivity index (χ4n) is 11.0. The van der Waals surface area contributed by atoms with Gasteiger partial charge >= 0.3 is 0 Å². The van der Waals surface area contributed by atoms with Crippen LogP contribution in [0.1, 0.15) is 25.7 Å². The minimum Gasteiger partial charge on any atom is -0.338 e. The molecule has 1 fully saturated rings. The number of hydrogen-bond donors (Lipinski definition) is 0. The predicted molar refractivity (Wildman–Crippen MR) is 298 cm³/mol. The van der Waals surface area contributed by atoms with Crippen molar-refractivity contribution in [1.29, 1.82) is 0 Å². The van der Waals surface area contributed by atoms with Crippen molar-refractivity contribution in [2.45, 2.75) is 37.8 Å². The lowest BCUT2D eigenvalue weighted by atomic mass is 9.87. The zero-order valence-corrected chi connectivity index (χ0v) is 39.2. The first-order valence-electron chi connectivity index (χ1n) is 24.7. The minimum atomic E-state index is 0.282. The summed E-state index contributed by atoms with van der Waals surface area (Å²) < 4.78 is 0. The van der Waals surface area contributed by atoms with Crippen molar-refractivity contribution in [3.05, 3.63) is 267 Å². The molecule has 0 atom stereocenters. The van der Waals surface area contributed by atoms with Crippen molar-refractivity contribution in [3.63, 3.8) is 0 Å². The van der Waals surface area contributed by atoms with E-state index in [4.69, 9.17) is 0 Å². The number of nitrogens with zero attached hydrogens (tertiary/aromatic N) is 4. The van der Waals surface area contributed by atoms with Crippen LogP contribution in [0.25, 0.3) is 32.3 Å². The van der Waals surface area contributed by atoms with E-state index in [9.17, 15) is 0 Å². The Morgan fingerprint density at radius 3 is 0.900 bits per heavy atom. The number of anilines is 10. The highest BCUT2D eigenvalue weighted by Crippen LogP contribution is 2.45. The van der Waals surface area contributed by atoms with Crippen molar-refractivity contribution in [2.24, 2.45) is 0 Å². The van der Waals surface area contributed by atoms with E-state index in [-0.39, 0.29) is 6.04 Å². The molecule has 11 aromatic carbocycles. The molecule has 0 heterocycles. The second-order valence-electron chi connectivity index (χ2n) is 18.4. The van der Waals surface area contributed by atoms with Gasteiger partial charge < -0.3 is 19.6 Å². The number of para-hydroxylation sites is 3. The van der Waals surface area contributed by atoms with Gasteiger partial charge in [-0.05, 0) is 145 Å². The van der Waals surface area contributed by atoms with Gasteiger partial charge in [-0.2, -0.15) is 0 Å². The molecule has 0 saturated heterocycles. The highest BCUT2D eigenvalue weighted by Gasteiger charge is 2.32. The topological polar surface area (TPSA) is 13.0 Å². The van der Waals surface area contributed by atoms with Gasteiger partial charge in [-0.1, -0.05) is 164 Å². The van der Waals surface area contributed by atoms with Crippen molar-refractivity contribution < 1.29 is 0 Å². The Balaban J connectivity index is 0.933. The fourth-order valence-corrected chi connectivity index (χ4v) is 11.0. The third-order valence-electron chi connectivity index (χ3n) is 14.3. The minimum absolute atomic E-state index is 0.282. The first kappa shape index (κ1) is 42.7. The van der Waals surface area contributed by atoms with Crippen LogP contribution >= 0.6 is 0 Å². The monoisotopic (exact) mass is 902 g/mol. The second kappa shape index (κ2) is 19.2. The van der Waals surface area contributed by atoms with E-state index in [1.165, 1.54) is 55.1 Å². The molecule has 0 N–H and O–H groups in total. The molecule has 4 nitrogen and oxygen atoms in total. The molecule has 4 heteroatoms. The van der Waals surface area contributed by atoms with Gasteiger partial charge in [0.2, 0.25) is 0 Å². The molecule has 338 valence electrons. The van der Waals surface area contributed by atoms with Crippen LogP contribution in [0.4, 0.5) is 56.9 Å². The quantitative estimate of drug-likeness (QED) is 0.121.